The zero-order chi connectivity index (χ0) is 10.1. The van der Waals surface area contributed by atoms with Gasteiger partial charge in [-0.1, -0.05) is 0 Å². The van der Waals surface area contributed by atoms with Crippen LogP contribution in [0.1, 0.15) is 5.56 Å². The normalized spacial score (nSPS) is 11.4. The van der Waals surface area contributed by atoms with Gasteiger partial charge in [0.25, 0.3) is 5.56 Å². The summed E-state index contributed by atoms with van der Waals surface area (Å²) in [5.41, 5.74) is -0.751. The van der Waals surface area contributed by atoms with E-state index < -0.39 is 17.7 Å². The maximum absolute atomic E-state index is 11.7. The predicted octanol–water partition coefficient (Wildman–Crippen LogP) is 1.58. The monoisotopic (exact) mass is 193 g/mol. The van der Waals surface area contributed by atoms with Crippen molar-refractivity contribution in [1.29, 1.82) is 0 Å². The maximum atomic E-state index is 11.7. The number of aryl methyl sites for hydroxylation is 1. The van der Waals surface area contributed by atoms with Gasteiger partial charge in [-0.3, -0.25) is 4.79 Å². The van der Waals surface area contributed by atoms with Crippen LogP contribution in [0.4, 0.5) is 13.2 Å². The molecule has 1 heterocycles. The molecule has 0 amide bonds. The van der Waals surface area contributed by atoms with Gasteiger partial charge in [-0.2, -0.15) is 0 Å². The zero-order valence-corrected chi connectivity index (χ0v) is 6.61. The van der Waals surface area contributed by atoms with E-state index in [4.69, 9.17) is 0 Å². The highest BCUT2D eigenvalue weighted by atomic mass is 19.4. The van der Waals surface area contributed by atoms with E-state index in [9.17, 15) is 18.0 Å². The summed E-state index contributed by atoms with van der Waals surface area (Å²) < 4.78 is 38.7. The lowest BCUT2D eigenvalue weighted by Gasteiger charge is -2.09. The molecule has 1 aromatic rings. The third-order valence-electron chi connectivity index (χ3n) is 1.33. The molecule has 0 aliphatic heterocycles. The average molecular weight is 193 g/mol. The molecule has 0 bridgehead atoms. The maximum Gasteiger partial charge on any atom is 0.573 e. The van der Waals surface area contributed by atoms with Crippen molar-refractivity contribution in [3.05, 3.63) is 28.2 Å². The number of H-pyrrole nitrogens is 1. The van der Waals surface area contributed by atoms with Crippen LogP contribution in [0.15, 0.2) is 17.1 Å². The molecule has 0 aliphatic rings. The molecule has 0 aliphatic carbocycles. The third kappa shape index (κ3) is 2.50. The standard InChI is InChI=1S/C7H6F3NO2/c1-4-2-3-11-6(12)5(4)13-7(8,9)10/h2-3H,1H3,(H,11,12). The summed E-state index contributed by atoms with van der Waals surface area (Å²) >= 11 is 0. The Kier molecular flexibility index (Phi) is 2.31. The number of ether oxygens (including phenoxy) is 1. The van der Waals surface area contributed by atoms with Crippen LogP contribution in [0, 0.1) is 6.92 Å². The van der Waals surface area contributed by atoms with Crippen LogP contribution in [-0.2, 0) is 0 Å². The molecule has 0 atom stereocenters. The first-order valence-electron chi connectivity index (χ1n) is 3.34. The van der Waals surface area contributed by atoms with E-state index in [0.717, 1.165) is 0 Å². The Morgan fingerprint density at radius 2 is 2.08 bits per heavy atom. The molecule has 0 saturated heterocycles. The van der Waals surface area contributed by atoms with Crippen LogP contribution in [0.3, 0.4) is 0 Å². The summed E-state index contributed by atoms with van der Waals surface area (Å²) in [5.74, 6) is -0.713. The van der Waals surface area contributed by atoms with Crippen molar-refractivity contribution >= 4 is 0 Å². The van der Waals surface area contributed by atoms with Gasteiger partial charge < -0.3 is 9.72 Å². The zero-order valence-electron chi connectivity index (χ0n) is 6.61. The first kappa shape index (κ1) is 9.63. The predicted molar refractivity (Wildman–Crippen MR) is 38.5 cm³/mol. The molecule has 0 aromatic carbocycles. The topological polar surface area (TPSA) is 42.1 Å². The Morgan fingerprint density at radius 3 is 2.54 bits per heavy atom. The lowest BCUT2D eigenvalue weighted by molar-refractivity contribution is -0.275. The molecule has 1 N–H and O–H groups in total. The first-order valence-corrected chi connectivity index (χ1v) is 3.34. The Morgan fingerprint density at radius 1 is 1.46 bits per heavy atom. The number of hydrogen-bond donors (Lipinski definition) is 1. The molecule has 0 fully saturated rings. The molecule has 3 nitrogen and oxygen atoms in total. The summed E-state index contributed by atoms with van der Waals surface area (Å²) in [5, 5.41) is 0. The fourth-order valence-corrected chi connectivity index (χ4v) is 0.805. The molecule has 72 valence electrons. The van der Waals surface area contributed by atoms with Crippen molar-refractivity contribution in [2.45, 2.75) is 13.3 Å². The van der Waals surface area contributed by atoms with Gasteiger partial charge in [-0.15, -0.1) is 13.2 Å². The van der Waals surface area contributed by atoms with Gasteiger partial charge in [0.1, 0.15) is 0 Å². The van der Waals surface area contributed by atoms with Crippen LogP contribution in [-0.4, -0.2) is 11.3 Å². The van der Waals surface area contributed by atoms with Crippen LogP contribution in [0.2, 0.25) is 0 Å². The summed E-state index contributed by atoms with van der Waals surface area (Å²) in [6, 6.07) is 1.32. The SMILES string of the molecule is Cc1cc[nH]c(=O)c1OC(F)(F)F. The lowest BCUT2D eigenvalue weighted by Crippen LogP contribution is -2.23. The molecule has 1 rings (SSSR count). The lowest BCUT2D eigenvalue weighted by atomic mass is 10.3. The number of pyridine rings is 1. The molecule has 6 heteroatoms. The highest BCUT2D eigenvalue weighted by molar-refractivity contribution is 5.28. The molecular weight excluding hydrogens is 187 g/mol. The quantitative estimate of drug-likeness (QED) is 0.735. The van der Waals surface area contributed by atoms with E-state index in [0.29, 0.717) is 0 Å². The van der Waals surface area contributed by atoms with Gasteiger partial charge in [0.2, 0.25) is 0 Å². The Hall–Kier alpha value is -1.46. The van der Waals surface area contributed by atoms with Crippen molar-refractivity contribution < 1.29 is 17.9 Å². The largest absolute Gasteiger partial charge is 0.573 e. The Bertz CT molecular complexity index is 355. The number of nitrogens with one attached hydrogen (secondary N) is 1. The van der Waals surface area contributed by atoms with Crippen LogP contribution >= 0.6 is 0 Å². The van der Waals surface area contributed by atoms with E-state index in [1.54, 1.807) is 0 Å². The Labute approximate surface area is 71.2 Å². The van der Waals surface area contributed by atoms with Gasteiger partial charge >= 0.3 is 6.36 Å². The van der Waals surface area contributed by atoms with E-state index in [1.165, 1.54) is 19.2 Å². The fourth-order valence-electron chi connectivity index (χ4n) is 0.805. The van der Waals surface area contributed by atoms with Gasteiger partial charge in [0, 0.05) is 6.20 Å². The number of aromatic nitrogens is 1. The Balaban J connectivity index is 3.08. The van der Waals surface area contributed by atoms with Crippen molar-refractivity contribution in [3.8, 4) is 5.75 Å². The van der Waals surface area contributed by atoms with Crippen LogP contribution in [0.5, 0.6) is 5.75 Å². The number of hydrogen-bond acceptors (Lipinski definition) is 2. The molecule has 0 spiro atoms. The van der Waals surface area contributed by atoms with Crippen molar-refractivity contribution in [1.82, 2.24) is 4.98 Å². The van der Waals surface area contributed by atoms with E-state index >= 15 is 0 Å². The molecule has 1 aromatic heterocycles. The van der Waals surface area contributed by atoms with Crippen molar-refractivity contribution in [2.75, 3.05) is 0 Å². The van der Waals surface area contributed by atoms with E-state index in [2.05, 4.69) is 9.72 Å². The average Bonchev–Trinajstić information content (AvgIpc) is 1.95. The fraction of sp³-hybridized carbons (Fsp3) is 0.286. The first-order chi connectivity index (χ1) is 5.90. The second kappa shape index (κ2) is 3.12. The van der Waals surface area contributed by atoms with Crippen LogP contribution in [0.25, 0.3) is 0 Å². The summed E-state index contributed by atoms with van der Waals surface area (Å²) in [6.45, 7) is 1.36. The number of halogens is 3. The molecular formula is C7H6F3NO2. The minimum absolute atomic E-state index is 0.140. The van der Waals surface area contributed by atoms with Crippen molar-refractivity contribution in [3.63, 3.8) is 0 Å². The minimum Gasteiger partial charge on any atom is -0.400 e. The van der Waals surface area contributed by atoms with Crippen molar-refractivity contribution in [2.24, 2.45) is 0 Å². The number of rotatable bonds is 1. The van der Waals surface area contributed by atoms with Gasteiger partial charge in [-0.25, -0.2) is 0 Å². The summed E-state index contributed by atoms with van der Waals surface area (Å²) in [6.07, 6.45) is -3.58. The van der Waals surface area contributed by atoms with E-state index in [-0.39, 0.29) is 5.56 Å². The summed E-state index contributed by atoms with van der Waals surface area (Å²) in [7, 11) is 0. The highest BCUT2D eigenvalue weighted by Crippen LogP contribution is 2.21. The molecule has 0 radical (unpaired) electrons. The van der Waals surface area contributed by atoms with Crippen LogP contribution < -0.4 is 10.3 Å². The molecule has 0 saturated carbocycles. The number of aromatic amines is 1. The van der Waals surface area contributed by atoms with E-state index in [1.807, 2.05) is 0 Å². The second-order valence-electron chi connectivity index (χ2n) is 2.37. The smallest absolute Gasteiger partial charge is 0.400 e. The van der Waals surface area contributed by atoms with Gasteiger partial charge in [0.15, 0.2) is 5.75 Å². The molecule has 13 heavy (non-hydrogen) atoms. The minimum atomic E-state index is -4.83. The molecule has 0 unspecified atom stereocenters. The third-order valence-corrected chi connectivity index (χ3v) is 1.33. The second-order valence-corrected chi connectivity index (χ2v) is 2.37. The summed E-state index contributed by atoms with van der Waals surface area (Å²) in [4.78, 5) is 12.9. The van der Waals surface area contributed by atoms with Gasteiger partial charge in [-0.05, 0) is 18.6 Å². The number of alkyl halides is 3. The highest BCUT2D eigenvalue weighted by Gasteiger charge is 2.32. The van der Waals surface area contributed by atoms with Gasteiger partial charge in [0.05, 0.1) is 0 Å².